The van der Waals surface area contributed by atoms with Crippen LogP contribution in [0.4, 0.5) is 13.2 Å². The molecule has 3 aromatic rings. The van der Waals surface area contributed by atoms with Crippen molar-refractivity contribution in [2.24, 2.45) is 0 Å². The fourth-order valence-corrected chi connectivity index (χ4v) is 4.11. The number of carbonyl (C=O) groups excluding carboxylic acids is 2. The smallest absolute Gasteiger partial charge is 0.475 e. The maximum absolute atomic E-state index is 13.0. The minimum absolute atomic E-state index is 0.0190. The normalized spacial score (nSPS) is 15.3. The standard InChI is InChI=1S/C25H24N4O3.C2HF3O2/c30-24-21-16-23(28-22(21)8-10-27-24)18-7-9-26-19(15-18)6-5-17-3-1-2-4-20(17)25(31)29-11-13-32-14-12-29;3-2(4,5)1(6)7/h1-7,9,15-16,28H,8,10-14H2,(H,27,30);(H,6,7). The van der Waals surface area contributed by atoms with Crippen molar-refractivity contribution in [1.82, 2.24) is 20.2 Å². The lowest BCUT2D eigenvalue weighted by molar-refractivity contribution is -0.192. The van der Waals surface area contributed by atoms with Gasteiger partial charge >= 0.3 is 12.1 Å². The molecule has 39 heavy (non-hydrogen) atoms. The molecule has 0 saturated carbocycles. The van der Waals surface area contributed by atoms with Crippen LogP contribution in [0.25, 0.3) is 23.4 Å². The number of alkyl halides is 3. The van der Waals surface area contributed by atoms with Gasteiger partial charge in [0.25, 0.3) is 11.8 Å². The van der Waals surface area contributed by atoms with Gasteiger partial charge < -0.3 is 25.0 Å². The molecular formula is C27H25F3N4O5. The Hall–Kier alpha value is -4.45. The third-order valence-electron chi connectivity index (χ3n) is 6.06. The van der Waals surface area contributed by atoms with Gasteiger partial charge in [0, 0.05) is 54.8 Å². The minimum atomic E-state index is -5.08. The zero-order chi connectivity index (χ0) is 28.0. The van der Waals surface area contributed by atoms with Gasteiger partial charge in [0.1, 0.15) is 0 Å². The number of nitrogens with one attached hydrogen (secondary N) is 2. The summed E-state index contributed by atoms with van der Waals surface area (Å²) >= 11 is 0. The number of hydrogen-bond donors (Lipinski definition) is 3. The highest BCUT2D eigenvalue weighted by atomic mass is 19.4. The number of aliphatic carboxylic acids is 1. The maximum Gasteiger partial charge on any atom is 0.490 e. The number of amides is 2. The molecule has 0 bridgehead atoms. The Kier molecular flexibility index (Phi) is 8.45. The van der Waals surface area contributed by atoms with E-state index in [0.717, 1.165) is 34.6 Å². The molecule has 1 saturated heterocycles. The highest BCUT2D eigenvalue weighted by molar-refractivity contribution is 5.99. The average Bonchev–Trinajstić information content (AvgIpc) is 3.38. The number of carboxylic acid groups (broad SMARTS) is 1. The van der Waals surface area contributed by atoms with Gasteiger partial charge in [-0.2, -0.15) is 13.2 Å². The number of aromatic nitrogens is 2. The molecule has 0 atom stereocenters. The Labute approximate surface area is 221 Å². The number of benzene rings is 1. The molecule has 1 fully saturated rings. The van der Waals surface area contributed by atoms with Gasteiger partial charge in [-0.3, -0.25) is 14.6 Å². The monoisotopic (exact) mass is 542 g/mol. The summed E-state index contributed by atoms with van der Waals surface area (Å²) < 4.78 is 37.1. The van der Waals surface area contributed by atoms with Gasteiger partial charge in [-0.15, -0.1) is 0 Å². The molecule has 204 valence electrons. The Bertz CT molecular complexity index is 1390. The van der Waals surface area contributed by atoms with E-state index in [1.54, 1.807) is 6.20 Å². The first-order valence-electron chi connectivity index (χ1n) is 12.0. The van der Waals surface area contributed by atoms with Crippen molar-refractivity contribution >= 4 is 29.9 Å². The zero-order valence-electron chi connectivity index (χ0n) is 20.6. The molecule has 12 heteroatoms. The number of halogens is 3. The number of carboxylic acids is 1. The number of morpholine rings is 1. The van der Waals surface area contributed by atoms with Crippen LogP contribution in [0, 0.1) is 0 Å². The molecule has 1 aromatic carbocycles. The van der Waals surface area contributed by atoms with Crippen LogP contribution in [0.15, 0.2) is 48.7 Å². The number of aromatic amines is 1. The molecular weight excluding hydrogens is 517 g/mol. The summed E-state index contributed by atoms with van der Waals surface area (Å²) in [7, 11) is 0. The molecule has 2 amide bonds. The van der Waals surface area contributed by atoms with Gasteiger partial charge in [-0.05, 0) is 35.9 Å². The molecule has 0 aliphatic carbocycles. The third-order valence-corrected chi connectivity index (χ3v) is 6.06. The molecule has 0 unspecified atom stereocenters. The average molecular weight is 543 g/mol. The van der Waals surface area contributed by atoms with Gasteiger partial charge in [0.15, 0.2) is 0 Å². The van der Waals surface area contributed by atoms with Crippen LogP contribution in [-0.2, 0) is 16.0 Å². The van der Waals surface area contributed by atoms with Crippen molar-refractivity contribution in [3.63, 3.8) is 0 Å². The second-order valence-corrected chi connectivity index (χ2v) is 8.68. The number of nitrogens with zero attached hydrogens (tertiary/aromatic N) is 2. The van der Waals surface area contributed by atoms with E-state index in [0.29, 0.717) is 44.0 Å². The summed E-state index contributed by atoms with van der Waals surface area (Å²) in [5.41, 5.74) is 5.82. The van der Waals surface area contributed by atoms with Crippen molar-refractivity contribution in [3.05, 3.63) is 76.7 Å². The molecule has 9 nitrogen and oxygen atoms in total. The Morgan fingerprint density at radius 1 is 1.08 bits per heavy atom. The van der Waals surface area contributed by atoms with E-state index in [1.165, 1.54) is 0 Å². The number of carbonyl (C=O) groups is 3. The summed E-state index contributed by atoms with van der Waals surface area (Å²) in [6.45, 7) is 3.02. The fraction of sp³-hybridized carbons (Fsp3) is 0.259. The van der Waals surface area contributed by atoms with Crippen LogP contribution in [0.1, 0.15) is 37.7 Å². The first-order valence-corrected chi connectivity index (χ1v) is 12.0. The predicted octanol–water partition coefficient (Wildman–Crippen LogP) is 3.64. The molecule has 0 spiro atoms. The van der Waals surface area contributed by atoms with E-state index >= 15 is 0 Å². The SMILES string of the molecule is O=C(O)C(F)(F)F.O=C1NCCc2[nH]c(-c3ccnc(C=Cc4ccccc4C(=O)N4CCOCC4)c3)cc21. The largest absolute Gasteiger partial charge is 0.490 e. The first-order chi connectivity index (χ1) is 18.6. The number of hydrogen-bond acceptors (Lipinski definition) is 5. The number of rotatable bonds is 4. The Morgan fingerprint density at radius 3 is 2.49 bits per heavy atom. The first kappa shape index (κ1) is 27.6. The number of H-pyrrole nitrogens is 1. The zero-order valence-corrected chi connectivity index (χ0v) is 20.6. The highest BCUT2D eigenvalue weighted by Crippen LogP contribution is 2.25. The van der Waals surface area contributed by atoms with Crippen molar-refractivity contribution in [2.75, 3.05) is 32.8 Å². The summed E-state index contributed by atoms with van der Waals surface area (Å²) in [6.07, 6.45) is 1.30. The van der Waals surface area contributed by atoms with Crippen molar-refractivity contribution < 1.29 is 37.4 Å². The van der Waals surface area contributed by atoms with E-state index < -0.39 is 12.1 Å². The second-order valence-electron chi connectivity index (χ2n) is 8.68. The summed E-state index contributed by atoms with van der Waals surface area (Å²) in [5, 5.41) is 10.00. The molecule has 4 heterocycles. The van der Waals surface area contributed by atoms with Crippen LogP contribution >= 0.6 is 0 Å². The van der Waals surface area contributed by atoms with Crippen molar-refractivity contribution in [2.45, 2.75) is 12.6 Å². The van der Waals surface area contributed by atoms with Gasteiger partial charge in [0.05, 0.1) is 24.5 Å². The van der Waals surface area contributed by atoms with E-state index in [2.05, 4.69) is 15.3 Å². The van der Waals surface area contributed by atoms with Gasteiger partial charge in [-0.1, -0.05) is 24.3 Å². The van der Waals surface area contributed by atoms with E-state index in [-0.39, 0.29) is 11.8 Å². The summed E-state index contributed by atoms with van der Waals surface area (Å²) in [4.78, 5) is 43.6. The number of fused-ring (bicyclic) bond motifs is 1. The van der Waals surface area contributed by atoms with E-state index in [4.69, 9.17) is 14.6 Å². The molecule has 5 rings (SSSR count). The van der Waals surface area contributed by atoms with E-state index in [9.17, 15) is 22.8 Å². The van der Waals surface area contributed by atoms with Crippen molar-refractivity contribution in [3.8, 4) is 11.3 Å². The van der Waals surface area contributed by atoms with Crippen LogP contribution in [0.3, 0.4) is 0 Å². The number of ether oxygens (including phenoxy) is 1. The van der Waals surface area contributed by atoms with Crippen LogP contribution in [0.2, 0.25) is 0 Å². The second kappa shape index (κ2) is 11.9. The minimum Gasteiger partial charge on any atom is -0.475 e. The highest BCUT2D eigenvalue weighted by Gasteiger charge is 2.38. The lowest BCUT2D eigenvalue weighted by atomic mass is 10.0. The van der Waals surface area contributed by atoms with Gasteiger partial charge in [0.2, 0.25) is 0 Å². The lowest BCUT2D eigenvalue weighted by Gasteiger charge is -2.27. The molecule has 0 radical (unpaired) electrons. The van der Waals surface area contributed by atoms with Crippen LogP contribution in [-0.4, -0.2) is 76.8 Å². The molecule has 2 aromatic heterocycles. The third kappa shape index (κ3) is 6.90. The summed E-state index contributed by atoms with van der Waals surface area (Å²) in [6, 6.07) is 13.4. The molecule has 2 aliphatic heterocycles. The Balaban J connectivity index is 0.000000448. The predicted molar refractivity (Wildman–Crippen MR) is 136 cm³/mol. The number of pyridine rings is 1. The van der Waals surface area contributed by atoms with Crippen LogP contribution in [0.5, 0.6) is 0 Å². The van der Waals surface area contributed by atoms with Crippen molar-refractivity contribution in [1.29, 1.82) is 0 Å². The maximum atomic E-state index is 13.0. The quantitative estimate of drug-likeness (QED) is 0.463. The fourth-order valence-electron chi connectivity index (χ4n) is 4.11. The van der Waals surface area contributed by atoms with E-state index in [1.807, 2.05) is 59.5 Å². The lowest BCUT2D eigenvalue weighted by Crippen LogP contribution is -2.40. The van der Waals surface area contributed by atoms with Gasteiger partial charge in [-0.25, -0.2) is 4.79 Å². The Morgan fingerprint density at radius 2 is 1.79 bits per heavy atom. The topological polar surface area (TPSA) is 125 Å². The molecule has 3 N–H and O–H groups in total. The van der Waals surface area contributed by atoms with Crippen LogP contribution < -0.4 is 5.32 Å². The summed E-state index contributed by atoms with van der Waals surface area (Å²) in [5.74, 6) is -2.78. The molecule has 2 aliphatic rings.